The number of hydrogen-bond donors (Lipinski definition) is 0. The van der Waals surface area contributed by atoms with E-state index in [0.717, 1.165) is 11.8 Å². The van der Waals surface area contributed by atoms with Crippen LogP contribution < -0.4 is 4.74 Å². The van der Waals surface area contributed by atoms with Crippen LogP contribution in [0.5, 0.6) is 5.75 Å². The first kappa shape index (κ1) is 14.8. The molecule has 0 spiro atoms. The molecule has 0 bridgehead atoms. The molecule has 0 aromatic heterocycles. The highest BCUT2D eigenvalue weighted by molar-refractivity contribution is 5.89. The molecular formula is C17H16O4. The van der Waals surface area contributed by atoms with E-state index in [4.69, 9.17) is 9.47 Å². The van der Waals surface area contributed by atoms with Crippen molar-refractivity contribution in [2.45, 2.75) is 13.5 Å². The molecule has 108 valence electrons. The Kier molecular flexibility index (Phi) is 5.10. The van der Waals surface area contributed by atoms with Crippen molar-refractivity contribution in [1.82, 2.24) is 0 Å². The SMILES string of the molecule is CCOC(=O)c1ccc(COc2ccccc2C=O)cc1. The lowest BCUT2D eigenvalue weighted by Gasteiger charge is -2.08. The third-order valence-corrected chi connectivity index (χ3v) is 2.91. The predicted molar refractivity (Wildman–Crippen MR) is 78.6 cm³/mol. The number of ether oxygens (including phenoxy) is 2. The Balaban J connectivity index is 2.01. The number of esters is 1. The fourth-order valence-electron chi connectivity index (χ4n) is 1.82. The fourth-order valence-corrected chi connectivity index (χ4v) is 1.82. The first-order chi connectivity index (χ1) is 10.2. The minimum Gasteiger partial charge on any atom is -0.488 e. The van der Waals surface area contributed by atoms with Gasteiger partial charge in [0.15, 0.2) is 6.29 Å². The second-order valence-electron chi connectivity index (χ2n) is 4.36. The second kappa shape index (κ2) is 7.24. The monoisotopic (exact) mass is 284 g/mol. The molecule has 4 heteroatoms. The van der Waals surface area contributed by atoms with Gasteiger partial charge < -0.3 is 9.47 Å². The van der Waals surface area contributed by atoms with Crippen LogP contribution in [-0.4, -0.2) is 18.9 Å². The van der Waals surface area contributed by atoms with Crippen molar-refractivity contribution < 1.29 is 19.1 Å². The Bertz CT molecular complexity index is 617. The molecule has 0 N–H and O–H groups in total. The van der Waals surface area contributed by atoms with Gasteiger partial charge >= 0.3 is 5.97 Å². The highest BCUT2D eigenvalue weighted by atomic mass is 16.5. The summed E-state index contributed by atoms with van der Waals surface area (Å²) < 4.78 is 10.5. The van der Waals surface area contributed by atoms with Gasteiger partial charge in [0.05, 0.1) is 17.7 Å². The van der Waals surface area contributed by atoms with Crippen molar-refractivity contribution in [2.24, 2.45) is 0 Å². The molecule has 0 amide bonds. The highest BCUT2D eigenvalue weighted by Crippen LogP contribution is 2.17. The maximum Gasteiger partial charge on any atom is 0.338 e. The first-order valence-corrected chi connectivity index (χ1v) is 6.67. The maximum absolute atomic E-state index is 11.5. The summed E-state index contributed by atoms with van der Waals surface area (Å²) in [5.74, 6) is 0.207. The van der Waals surface area contributed by atoms with E-state index < -0.39 is 0 Å². The van der Waals surface area contributed by atoms with Crippen LogP contribution in [0, 0.1) is 0 Å². The van der Waals surface area contributed by atoms with Crippen LogP contribution in [0.1, 0.15) is 33.2 Å². The van der Waals surface area contributed by atoms with E-state index >= 15 is 0 Å². The topological polar surface area (TPSA) is 52.6 Å². The Morgan fingerprint density at radius 2 is 1.81 bits per heavy atom. The van der Waals surface area contributed by atoms with Crippen molar-refractivity contribution in [2.75, 3.05) is 6.61 Å². The molecule has 4 nitrogen and oxygen atoms in total. The number of para-hydroxylation sites is 1. The van der Waals surface area contributed by atoms with Crippen molar-refractivity contribution in [3.05, 3.63) is 65.2 Å². The normalized spacial score (nSPS) is 9.95. The lowest BCUT2D eigenvalue weighted by atomic mass is 10.1. The number of aldehydes is 1. The number of benzene rings is 2. The molecule has 0 aliphatic rings. The first-order valence-electron chi connectivity index (χ1n) is 6.67. The van der Waals surface area contributed by atoms with E-state index in [9.17, 15) is 9.59 Å². The second-order valence-corrected chi connectivity index (χ2v) is 4.36. The quantitative estimate of drug-likeness (QED) is 0.603. The molecule has 2 rings (SSSR count). The molecule has 2 aromatic carbocycles. The van der Waals surface area contributed by atoms with Crippen LogP contribution in [0.4, 0.5) is 0 Å². The van der Waals surface area contributed by atoms with Gasteiger partial charge in [-0.3, -0.25) is 4.79 Å². The zero-order valence-corrected chi connectivity index (χ0v) is 11.7. The van der Waals surface area contributed by atoms with E-state index in [1.807, 2.05) is 6.07 Å². The van der Waals surface area contributed by atoms with E-state index in [2.05, 4.69) is 0 Å². The smallest absolute Gasteiger partial charge is 0.338 e. The van der Waals surface area contributed by atoms with Crippen molar-refractivity contribution in [3.8, 4) is 5.75 Å². The lowest BCUT2D eigenvalue weighted by molar-refractivity contribution is 0.0526. The molecule has 0 heterocycles. The van der Waals surface area contributed by atoms with Gasteiger partial charge in [-0.15, -0.1) is 0 Å². The van der Waals surface area contributed by atoms with Crippen LogP contribution in [0.3, 0.4) is 0 Å². The molecular weight excluding hydrogens is 268 g/mol. The Morgan fingerprint density at radius 3 is 2.48 bits per heavy atom. The van der Waals surface area contributed by atoms with Crippen LogP contribution in [0.25, 0.3) is 0 Å². The van der Waals surface area contributed by atoms with Crippen LogP contribution in [0.15, 0.2) is 48.5 Å². The van der Waals surface area contributed by atoms with Gasteiger partial charge in [-0.05, 0) is 36.8 Å². The van der Waals surface area contributed by atoms with Crippen LogP contribution in [-0.2, 0) is 11.3 Å². The van der Waals surface area contributed by atoms with Crippen LogP contribution in [0.2, 0.25) is 0 Å². The molecule has 0 unspecified atom stereocenters. The molecule has 0 radical (unpaired) electrons. The van der Waals surface area contributed by atoms with Crippen molar-refractivity contribution in [3.63, 3.8) is 0 Å². The Hall–Kier alpha value is -2.62. The molecule has 2 aromatic rings. The highest BCUT2D eigenvalue weighted by Gasteiger charge is 2.06. The summed E-state index contributed by atoms with van der Waals surface area (Å²) in [7, 11) is 0. The molecule has 0 aliphatic heterocycles. The molecule has 0 atom stereocenters. The van der Waals surface area contributed by atoms with E-state index in [1.54, 1.807) is 49.4 Å². The molecule has 0 saturated carbocycles. The summed E-state index contributed by atoms with van der Waals surface area (Å²) in [4.78, 5) is 22.4. The lowest BCUT2D eigenvalue weighted by Crippen LogP contribution is -2.05. The van der Waals surface area contributed by atoms with Gasteiger partial charge in [0, 0.05) is 0 Å². The van der Waals surface area contributed by atoms with E-state index in [1.165, 1.54) is 0 Å². The van der Waals surface area contributed by atoms with Gasteiger partial charge in [0.2, 0.25) is 0 Å². The molecule has 0 fully saturated rings. The van der Waals surface area contributed by atoms with Gasteiger partial charge in [0.1, 0.15) is 12.4 Å². The molecule has 21 heavy (non-hydrogen) atoms. The number of carbonyl (C=O) groups is 2. The maximum atomic E-state index is 11.5. The van der Waals surface area contributed by atoms with E-state index in [0.29, 0.717) is 30.1 Å². The van der Waals surface area contributed by atoms with Gasteiger partial charge in [-0.25, -0.2) is 4.79 Å². The Morgan fingerprint density at radius 1 is 1.10 bits per heavy atom. The van der Waals surface area contributed by atoms with Crippen molar-refractivity contribution in [1.29, 1.82) is 0 Å². The molecule has 0 aliphatic carbocycles. The standard InChI is InChI=1S/C17H16O4/c1-2-20-17(19)14-9-7-13(8-10-14)12-21-16-6-4-3-5-15(16)11-18/h3-11H,2,12H2,1H3. The van der Waals surface area contributed by atoms with Crippen LogP contribution >= 0.6 is 0 Å². The fraction of sp³-hybridized carbons (Fsp3) is 0.176. The summed E-state index contributed by atoms with van der Waals surface area (Å²) in [5.41, 5.74) is 1.93. The summed E-state index contributed by atoms with van der Waals surface area (Å²) in [6.07, 6.45) is 0.763. The number of carbonyl (C=O) groups excluding carboxylic acids is 2. The minimum absolute atomic E-state index is 0.327. The largest absolute Gasteiger partial charge is 0.488 e. The van der Waals surface area contributed by atoms with Gasteiger partial charge in [-0.1, -0.05) is 24.3 Å². The van der Waals surface area contributed by atoms with Crippen molar-refractivity contribution >= 4 is 12.3 Å². The minimum atomic E-state index is -0.337. The summed E-state index contributed by atoms with van der Waals surface area (Å²) in [6.45, 7) is 2.45. The average molecular weight is 284 g/mol. The summed E-state index contributed by atoms with van der Waals surface area (Å²) in [6, 6.07) is 14.0. The Labute approximate surface area is 123 Å². The number of hydrogen-bond acceptors (Lipinski definition) is 4. The number of rotatable bonds is 6. The third-order valence-electron chi connectivity index (χ3n) is 2.91. The zero-order chi connectivity index (χ0) is 15.1. The van der Waals surface area contributed by atoms with Gasteiger partial charge in [0.25, 0.3) is 0 Å². The summed E-state index contributed by atoms with van der Waals surface area (Å²) >= 11 is 0. The predicted octanol–water partition coefficient (Wildman–Crippen LogP) is 3.25. The van der Waals surface area contributed by atoms with E-state index in [-0.39, 0.29) is 5.97 Å². The third kappa shape index (κ3) is 3.92. The molecule has 0 saturated heterocycles. The zero-order valence-electron chi connectivity index (χ0n) is 11.7. The van der Waals surface area contributed by atoms with Gasteiger partial charge in [-0.2, -0.15) is 0 Å². The average Bonchev–Trinajstić information content (AvgIpc) is 2.54. The summed E-state index contributed by atoms with van der Waals surface area (Å²) in [5, 5.41) is 0.